The van der Waals surface area contributed by atoms with Gasteiger partial charge in [0.1, 0.15) is 11.0 Å². The Kier molecular flexibility index (Phi) is 4.29. The van der Waals surface area contributed by atoms with Gasteiger partial charge in [-0.05, 0) is 58.7 Å². The number of aromatic nitrogens is 3. The summed E-state index contributed by atoms with van der Waals surface area (Å²) in [5.41, 5.74) is 9.14. The Morgan fingerprint density at radius 3 is 2.65 bits per heavy atom. The maximum Gasteiger partial charge on any atom is 0.338 e. The Labute approximate surface area is 141 Å². The van der Waals surface area contributed by atoms with Crippen molar-refractivity contribution in [1.29, 1.82) is 0 Å². The molecular formula is C16H15BrN4O2. The van der Waals surface area contributed by atoms with Gasteiger partial charge in [0.25, 0.3) is 0 Å². The Balaban J connectivity index is 1.90. The number of nitrogen functional groups attached to an aromatic ring is 1. The zero-order valence-electron chi connectivity index (χ0n) is 12.5. The van der Waals surface area contributed by atoms with Crippen molar-refractivity contribution in [2.45, 2.75) is 13.3 Å². The molecule has 1 aromatic heterocycles. The highest BCUT2D eigenvalue weighted by Crippen LogP contribution is 2.27. The minimum Gasteiger partial charge on any atom is -0.462 e. The molecule has 3 rings (SSSR count). The summed E-state index contributed by atoms with van der Waals surface area (Å²) < 4.78 is 5.83. The van der Waals surface area contributed by atoms with E-state index in [2.05, 4.69) is 26.1 Å². The van der Waals surface area contributed by atoms with Crippen molar-refractivity contribution in [3.63, 3.8) is 0 Å². The number of rotatable bonds is 4. The molecule has 118 valence electrons. The van der Waals surface area contributed by atoms with Crippen LogP contribution in [0.25, 0.3) is 16.7 Å². The molecule has 0 aliphatic carbocycles. The highest BCUT2D eigenvalue weighted by molar-refractivity contribution is 9.10. The van der Waals surface area contributed by atoms with Gasteiger partial charge in [-0.3, -0.25) is 0 Å². The zero-order chi connectivity index (χ0) is 16.4. The zero-order valence-corrected chi connectivity index (χ0v) is 14.1. The molecule has 1 heterocycles. The lowest BCUT2D eigenvalue weighted by atomic mass is 10.2. The summed E-state index contributed by atoms with van der Waals surface area (Å²) in [5, 5.41) is 8.84. The number of hydrogen-bond acceptors (Lipinski definition) is 5. The number of ether oxygens (including phenoxy) is 1. The molecule has 0 saturated carbocycles. The fraction of sp³-hybridized carbons (Fsp3) is 0.188. The van der Waals surface area contributed by atoms with Crippen molar-refractivity contribution < 1.29 is 9.53 Å². The lowest BCUT2D eigenvalue weighted by Crippen LogP contribution is -2.06. The maximum atomic E-state index is 11.8. The number of fused-ring (bicyclic) bond motifs is 1. The molecule has 6 nitrogen and oxygen atoms in total. The van der Waals surface area contributed by atoms with E-state index in [9.17, 15) is 4.79 Å². The van der Waals surface area contributed by atoms with E-state index in [4.69, 9.17) is 10.5 Å². The van der Waals surface area contributed by atoms with Crippen LogP contribution >= 0.6 is 15.9 Å². The molecule has 7 heteroatoms. The van der Waals surface area contributed by atoms with Crippen LogP contribution in [0, 0.1) is 0 Å². The summed E-state index contributed by atoms with van der Waals surface area (Å²) in [7, 11) is 0. The van der Waals surface area contributed by atoms with Gasteiger partial charge in [-0.1, -0.05) is 6.92 Å². The lowest BCUT2D eigenvalue weighted by Gasteiger charge is -2.04. The first-order valence-electron chi connectivity index (χ1n) is 7.18. The van der Waals surface area contributed by atoms with Crippen LogP contribution in [-0.2, 0) is 4.74 Å². The number of carbonyl (C=O) groups excluding carboxylic acids is 1. The summed E-state index contributed by atoms with van der Waals surface area (Å²) in [6, 6.07) is 10.5. The molecule has 3 aromatic rings. The molecule has 0 amide bonds. The van der Waals surface area contributed by atoms with Gasteiger partial charge in [0.15, 0.2) is 0 Å². The van der Waals surface area contributed by atoms with Crippen molar-refractivity contribution in [2.24, 2.45) is 0 Å². The van der Waals surface area contributed by atoms with Crippen molar-refractivity contribution in [2.75, 3.05) is 12.3 Å². The van der Waals surface area contributed by atoms with Gasteiger partial charge in [0.2, 0.25) is 0 Å². The average molecular weight is 375 g/mol. The third-order valence-electron chi connectivity index (χ3n) is 3.29. The van der Waals surface area contributed by atoms with Gasteiger partial charge >= 0.3 is 5.97 Å². The molecule has 0 spiro atoms. The third-order valence-corrected chi connectivity index (χ3v) is 4.13. The summed E-state index contributed by atoms with van der Waals surface area (Å²) in [6.45, 7) is 2.37. The van der Waals surface area contributed by atoms with Crippen LogP contribution in [0.5, 0.6) is 0 Å². The van der Waals surface area contributed by atoms with E-state index >= 15 is 0 Å². The molecule has 0 fully saturated rings. The predicted molar refractivity (Wildman–Crippen MR) is 91.6 cm³/mol. The van der Waals surface area contributed by atoms with E-state index in [0.717, 1.165) is 22.1 Å². The van der Waals surface area contributed by atoms with E-state index in [0.29, 0.717) is 23.4 Å². The van der Waals surface area contributed by atoms with E-state index in [1.54, 1.807) is 30.3 Å². The van der Waals surface area contributed by atoms with E-state index < -0.39 is 0 Å². The van der Waals surface area contributed by atoms with Crippen LogP contribution < -0.4 is 5.73 Å². The highest BCUT2D eigenvalue weighted by Gasteiger charge is 2.11. The minimum absolute atomic E-state index is 0.326. The summed E-state index contributed by atoms with van der Waals surface area (Å²) >= 11 is 3.42. The number of hydrogen-bond donors (Lipinski definition) is 1. The summed E-state index contributed by atoms with van der Waals surface area (Å²) in [5.74, 6) is -0.326. The van der Waals surface area contributed by atoms with Gasteiger partial charge in [-0.15, -0.1) is 10.2 Å². The van der Waals surface area contributed by atoms with Gasteiger partial charge in [-0.25, -0.2) is 4.79 Å². The second kappa shape index (κ2) is 6.37. The average Bonchev–Trinajstić information content (AvgIpc) is 3.01. The number of nitrogens with zero attached hydrogens (tertiary/aromatic N) is 3. The van der Waals surface area contributed by atoms with Crippen LogP contribution in [0.1, 0.15) is 23.7 Å². The maximum absolute atomic E-state index is 11.8. The van der Waals surface area contributed by atoms with Crippen molar-refractivity contribution in [3.8, 4) is 5.69 Å². The molecular weight excluding hydrogens is 360 g/mol. The number of halogens is 1. The number of nitrogens with two attached hydrogens (primary N) is 1. The largest absolute Gasteiger partial charge is 0.462 e. The molecule has 0 aliphatic rings. The fourth-order valence-electron chi connectivity index (χ4n) is 2.09. The van der Waals surface area contributed by atoms with Crippen LogP contribution in [-0.4, -0.2) is 27.6 Å². The predicted octanol–water partition coefficient (Wildman–Crippen LogP) is 3.33. The quantitative estimate of drug-likeness (QED) is 0.559. The fourth-order valence-corrected chi connectivity index (χ4v) is 2.50. The van der Waals surface area contributed by atoms with Crippen LogP contribution in [0.4, 0.5) is 5.69 Å². The van der Waals surface area contributed by atoms with Crippen LogP contribution in [0.2, 0.25) is 0 Å². The standard InChI is InChI=1S/C16H15BrN4O2/c1-2-9-23-16(22)10-3-5-11(6-4-10)21-19-13-8-7-12(18)14(17)15(13)20-21/h3-8H,2,9,18H2,1H3. The van der Waals surface area contributed by atoms with Gasteiger partial charge in [0.05, 0.1) is 22.3 Å². The van der Waals surface area contributed by atoms with Crippen molar-refractivity contribution >= 4 is 38.6 Å². The normalized spacial score (nSPS) is 10.9. The first-order valence-corrected chi connectivity index (χ1v) is 7.98. The van der Waals surface area contributed by atoms with Crippen LogP contribution in [0.3, 0.4) is 0 Å². The first-order chi connectivity index (χ1) is 11.1. The van der Waals surface area contributed by atoms with Crippen molar-refractivity contribution in [1.82, 2.24) is 15.0 Å². The number of benzene rings is 2. The van der Waals surface area contributed by atoms with Gasteiger partial charge < -0.3 is 10.5 Å². The molecule has 0 aliphatic heterocycles. The molecule has 2 aromatic carbocycles. The Morgan fingerprint density at radius 2 is 1.96 bits per heavy atom. The molecule has 0 bridgehead atoms. The topological polar surface area (TPSA) is 83.0 Å². The van der Waals surface area contributed by atoms with E-state index in [1.165, 1.54) is 4.80 Å². The molecule has 0 radical (unpaired) electrons. The van der Waals surface area contributed by atoms with Crippen molar-refractivity contribution in [3.05, 3.63) is 46.4 Å². The summed E-state index contributed by atoms with van der Waals surface area (Å²) in [6.07, 6.45) is 0.797. The molecule has 23 heavy (non-hydrogen) atoms. The minimum atomic E-state index is -0.326. The molecule has 0 saturated heterocycles. The number of esters is 1. The second-order valence-electron chi connectivity index (χ2n) is 5.01. The van der Waals surface area contributed by atoms with E-state index in [-0.39, 0.29) is 5.97 Å². The molecule has 2 N–H and O–H groups in total. The number of carbonyl (C=O) groups is 1. The Bertz CT molecular complexity index is 858. The monoisotopic (exact) mass is 374 g/mol. The SMILES string of the molecule is CCCOC(=O)c1ccc(-n2nc3ccc(N)c(Br)c3n2)cc1. The molecule has 0 unspecified atom stereocenters. The highest BCUT2D eigenvalue weighted by atomic mass is 79.9. The Hall–Kier alpha value is -2.41. The van der Waals surface area contributed by atoms with Gasteiger partial charge in [-0.2, -0.15) is 4.80 Å². The second-order valence-corrected chi connectivity index (χ2v) is 5.80. The van der Waals surface area contributed by atoms with E-state index in [1.807, 2.05) is 13.0 Å². The number of anilines is 1. The third kappa shape index (κ3) is 3.05. The first kappa shape index (κ1) is 15.5. The lowest BCUT2D eigenvalue weighted by molar-refractivity contribution is 0.0505. The smallest absolute Gasteiger partial charge is 0.338 e. The Morgan fingerprint density at radius 1 is 1.22 bits per heavy atom. The molecule has 0 atom stereocenters. The van der Waals surface area contributed by atoms with Crippen LogP contribution in [0.15, 0.2) is 40.9 Å². The van der Waals surface area contributed by atoms with Gasteiger partial charge in [0, 0.05) is 5.69 Å². The summed E-state index contributed by atoms with van der Waals surface area (Å²) in [4.78, 5) is 13.3.